The number of ether oxygens (including phenoxy) is 1. The summed E-state index contributed by atoms with van der Waals surface area (Å²) in [5, 5.41) is 3.54. The van der Waals surface area contributed by atoms with E-state index in [9.17, 15) is 0 Å². The topological polar surface area (TPSA) is 21.3 Å². The number of nitrogens with one attached hydrogen (secondary N) is 1. The Morgan fingerprint density at radius 1 is 1.29 bits per heavy atom. The second kappa shape index (κ2) is 7.14. The minimum atomic E-state index is 0.789. The van der Waals surface area contributed by atoms with E-state index >= 15 is 0 Å². The van der Waals surface area contributed by atoms with Crippen LogP contribution < -0.4 is 5.32 Å². The number of rotatable bonds is 9. The zero-order valence-electron chi connectivity index (χ0n) is 10.7. The van der Waals surface area contributed by atoms with Crippen molar-refractivity contribution < 1.29 is 4.74 Å². The minimum absolute atomic E-state index is 0.789. The largest absolute Gasteiger partial charge is 0.376 e. The van der Waals surface area contributed by atoms with E-state index in [1.807, 2.05) is 11.3 Å². The third-order valence-electron chi connectivity index (χ3n) is 3.00. The summed E-state index contributed by atoms with van der Waals surface area (Å²) in [4.78, 5) is 2.79. The Morgan fingerprint density at radius 3 is 2.88 bits per heavy atom. The van der Waals surface area contributed by atoms with Crippen LogP contribution in [0, 0.1) is 0 Å². The molecule has 0 atom stereocenters. The first-order valence-electron chi connectivity index (χ1n) is 6.77. The number of thiophene rings is 1. The van der Waals surface area contributed by atoms with Gasteiger partial charge in [-0.25, -0.2) is 0 Å². The maximum atomic E-state index is 5.66. The van der Waals surface area contributed by atoms with Crippen LogP contribution >= 0.6 is 11.3 Å². The Morgan fingerprint density at radius 2 is 2.12 bits per heavy atom. The van der Waals surface area contributed by atoms with E-state index in [4.69, 9.17) is 4.74 Å². The normalized spacial score (nSPS) is 15.4. The lowest BCUT2D eigenvalue weighted by Gasteiger charge is -2.01. The van der Waals surface area contributed by atoms with Crippen LogP contribution in [0.4, 0.5) is 0 Å². The predicted octanol–water partition coefficient (Wildman–Crippen LogP) is 3.71. The Labute approximate surface area is 108 Å². The Kier molecular flexibility index (Phi) is 5.49. The van der Waals surface area contributed by atoms with Crippen LogP contribution in [0.3, 0.4) is 0 Å². The van der Waals surface area contributed by atoms with Gasteiger partial charge >= 0.3 is 0 Å². The summed E-state index contributed by atoms with van der Waals surface area (Å²) in [6.07, 6.45) is 6.45. The molecule has 0 saturated heterocycles. The molecule has 0 aliphatic heterocycles. The predicted molar refractivity (Wildman–Crippen MR) is 73.4 cm³/mol. The average molecular weight is 253 g/mol. The average Bonchev–Trinajstić information content (AvgIpc) is 3.06. The number of unbranched alkanes of at least 4 members (excludes halogenated alkanes) is 2. The molecule has 1 aromatic rings. The quantitative estimate of drug-likeness (QED) is 0.677. The summed E-state index contributed by atoms with van der Waals surface area (Å²) in [5.74, 6) is 0. The molecule has 1 fully saturated rings. The molecule has 2 nitrogen and oxygen atoms in total. The van der Waals surface area contributed by atoms with Crippen molar-refractivity contribution in [3.8, 4) is 0 Å². The van der Waals surface area contributed by atoms with Gasteiger partial charge in [-0.3, -0.25) is 0 Å². The second-order valence-corrected chi connectivity index (χ2v) is 6.04. The van der Waals surface area contributed by atoms with E-state index in [2.05, 4.69) is 24.4 Å². The zero-order chi connectivity index (χ0) is 11.9. The molecule has 96 valence electrons. The Bertz CT molecular complexity index is 320. The molecule has 1 N–H and O–H groups in total. The van der Waals surface area contributed by atoms with Gasteiger partial charge in [-0.05, 0) is 31.4 Å². The third kappa shape index (κ3) is 5.19. The lowest BCUT2D eigenvalue weighted by molar-refractivity contribution is 0.119. The van der Waals surface area contributed by atoms with Crippen molar-refractivity contribution in [1.82, 2.24) is 5.32 Å². The van der Waals surface area contributed by atoms with Crippen LogP contribution in [0.25, 0.3) is 0 Å². The summed E-state index contributed by atoms with van der Waals surface area (Å²) in [6, 6.07) is 5.23. The van der Waals surface area contributed by atoms with Crippen molar-refractivity contribution in [2.45, 2.75) is 58.2 Å². The highest BCUT2D eigenvalue weighted by Crippen LogP contribution is 2.22. The van der Waals surface area contributed by atoms with Gasteiger partial charge in [0.25, 0.3) is 0 Å². The molecule has 1 saturated carbocycles. The lowest BCUT2D eigenvalue weighted by Crippen LogP contribution is -2.14. The molecule has 3 heteroatoms. The highest BCUT2D eigenvalue weighted by atomic mass is 32.1. The molecular formula is C14H23NOS. The lowest BCUT2D eigenvalue weighted by atomic mass is 10.3. The van der Waals surface area contributed by atoms with Gasteiger partial charge in [0.2, 0.25) is 0 Å². The SMILES string of the molecule is CCCCCOCc1ccc(CNC2CC2)s1. The fourth-order valence-corrected chi connectivity index (χ4v) is 2.66. The van der Waals surface area contributed by atoms with Crippen LogP contribution in [0.2, 0.25) is 0 Å². The van der Waals surface area contributed by atoms with Crippen LogP contribution in [0.5, 0.6) is 0 Å². The molecule has 0 radical (unpaired) electrons. The second-order valence-electron chi connectivity index (χ2n) is 4.78. The molecule has 1 heterocycles. The van der Waals surface area contributed by atoms with Gasteiger partial charge in [0.15, 0.2) is 0 Å². The fourth-order valence-electron chi connectivity index (χ4n) is 1.75. The maximum Gasteiger partial charge on any atom is 0.0809 e. The smallest absolute Gasteiger partial charge is 0.0809 e. The molecular weight excluding hydrogens is 230 g/mol. The van der Waals surface area contributed by atoms with Gasteiger partial charge in [0, 0.05) is 28.9 Å². The third-order valence-corrected chi connectivity index (χ3v) is 4.05. The van der Waals surface area contributed by atoms with Gasteiger partial charge in [0.1, 0.15) is 0 Å². The standard InChI is InChI=1S/C14H23NOS/c1-2-3-4-9-16-11-14-8-7-13(17-14)10-15-12-5-6-12/h7-8,12,15H,2-6,9-11H2,1H3. The van der Waals surface area contributed by atoms with Gasteiger partial charge in [-0.15, -0.1) is 11.3 Å². The number of hydrogen-bond donors (Lipinski definition) is 1. The van der Waals surface area contributed by atoms with E-state index in [0.29, 0.717) is 0 Å². The van der Waals surface area contributed by atoms with Crippen molar-refractivity contribution in [2.24, 2.45) is 0 Å². The first-order valence-corrected chi connectivity index (χ1v) is 7.59. The Balaban J connectivity index is 1.59. The highest BCUT2D eigenvalue weighted by Gasteiger charge is 2.20. The molecule has 1 aliphatic rings. The monoisotopic (exact) mass is 253 g/mol. The van der Waals surface area contributed by atoms with Crippen molar-refractivity contribution in [1.29, 1.82) is 0 Å². The van der Waals surface area contributed by atoms with E-state index in [-0.39, 0.29) is 0 Å². The van der Waals surface area contributed by atoms with E-state index < -0.39 is 0 Å². The van der Waals surface area contributed by atoms with Gasteiger partial charge in [-0.2, -0.15) is 0 Å². The molecule has 0 unspecified atom stereocenters. The summed E-state index contributed by atoms with van der Waals surface area (Å²) in [5.41, 5.74) is 0. The van der Waals surface area contributed by atoms with E-state index in [0.717, 1.165) is 25.8 Å². The summed E-state index contributed by atoms with van der Waals surface area (Å²) in [6.45, 7) is 4.95. The first kappa shape index (κ1) is 13.1. The fraction of sp³-hybridized carbons (Fsp3) is 0.714. The van der Waals surface area contributed by atoms with Crippen molar-refractivity contribution in [3.05, 3.63) is 21.9 Å². The summed E-state index contributed by atoms with van der Waals surface area (Å²) < 4.78 is 5.66. The van der Waals surface area contributed by atoms with Crippen LogP contribution in [-0.2, 0) is 17.9 Å². The molecule has 17 heavy (non-hydrogen) atoms. The summed E-state index contributed by atoms with van der Waals surface area (Å²) >= 11 is 1.88. The molecule has 0 amide bonds. The Hall–Kier alpha value is -0.380. The maximum absolute atomic E-state index is 5.66. The van der Waals surface area contributed by atoms with E-state index in [1.165, 1.54) is 41.9 Å². The molecule has 2 rings (SSSR count). The van der Waals surface area contributed by atoms with Gasteiger partial charge < -0.3 is 10.1 Å². The molecule has 1 aliphatic carbocycles. The van der Waals surface area contributed by atoms with Gasteiger partial charge in [0.05, 0.1) is 6.61 Å². The number of hydrogen-bond acceptors (Lipinski definition) is 3. The molecule has 0 aromatic carbocycles. The molecule has 0 bridgehead atoms. The highest BCUT2D eigenvalue weighted by molar-refractivity contribution is 7.11. The minimum Gasteiger partial charge on any atom is -0.376 e. The van der Waals surface area contributed by atoms with Crippen LogP contribution in [-0.4, -0.2) is 12.6 Å². The van der Waals surface area contributed by atoms with Crippen molar-refractivity contribution >= 4 is 11.3 Å². The molecule has 1 aromatic heterocycles. The first-order chi connectivity index (χ1) is 8.38. The van der Waals surface area contributed by atoms with Crippen LogP contribution in [0.15, 0.2) is 12.1 Å². The van der Waals surface area contributed by atoms with Crippen LogP contribution in [0.1, 0.15) is 48.8 Å². The van der Waals surface area contributed by atoms with Crippen molar-refractivity contribution in [3.63, 3.8) is 0 Å². The summed E-state index contributed by atoms with van der Waals surface area (Å²) in [7, 11) is 0. The zero-order valence-corrected chi connectivity index (χ0v) is 11.5. The van der Waals surface area contributed by atoms with Crippen molar-refractivity contribution in [2.75, 3.05) is 6.61 Å². The van der Waals surface area contributed by atoms with Gasteiger partial charge in [-0.1, -0.05) is 19.8 Å². The molecule has 0 spiro atoms. The van der Waals surface area contributed by atoms with E-state index in [1.54, 1.807) is 0 Å².